The van der Waals surface area contributed by atoms with Gasteiger partial charge in [-0.1, -0.05) is 45.3 Å². The van der Waals surface area contributed by atoms with Gasteiger partial charge in [0.15, 0.2) is 0 Å². The average molecular weight is 300 g/mol. The van der Waals surface area contributed by atoms with Crippen molar-refractivity contribution in [2.45, 2.75) is 57.8 Å². The Hall–Kier alpha value is -1.98. The highest BCUT2D eigenvalue weighted by atomic mass is 16.7. The summed E-state index contributed by atoms with van der Waals surface area (Å²) in [6.45, 7) is 7.05. The molecule has 0 radical (unpaired) electrons. The van der Waals surface area contributed by atoms with Gasteiger partial charge in [0, 0.05) is 12.8 Å². The molecule has 2 N–H and O–H groups in total. The summed E-state index contributed by atoms with van der Waals surface area (Å²) in [5.74, 6) is 0.582. The Morgan fingerprint density at radius 2 is 0.952 bits per heavy atom. The van der Waals surface area contributed by atoms with Crippen molar-refractivity contribution in [3.8, 4) is 0 Å². The van der Waals surface area contributed by atoms with Crippen LogP contribution in [0.5, 0.6) is 0 Å². The van der Waals surface area contributed by atoms with Gasteiger partial charge in [-0.25, -0.2) is 9.59 Å². The second-order valence-corrected chi connectivity index (χ2v) is 4.79. The number of allylic oxidation sites excluding steroid dienone is 2. The fourth-order valence-electron chi connectivity index (χ4n) is 1.88. The molecule has 0 fully saturated rings. The van der Waals surface area contributed by atoms with Crippen molar-refractivity contribution in [1.82, 2.24) is 0 Å². The molecule has 0 saturated heterocycles. The molecule has 0 aromatic carbocycles. The minimum atomic E-state index is -1.31. The van der Waals surface area contributed by atoms with Crippen LogP contribution in [0.4, 0.5) is 9.59 Å². The lowest BCUT2D eigenvalue weighted by atomic mass is 10.1. The molecule has 0 aromatic heterocycles. The number of carboxylic acid groups (broad SMARTS) is 2. The van der Waals surface area contributed by atoms with Gasteiger partial charge in [0.2, 0.25) is 0 Å². The molecule has 120 valence electrons. The molecule has 0 unspecified atom stereocenters. The number of unbranched alkanes of at least 4 members (excludes halogenated alkanes) is 6. The zero-order valence-electron chi connectivity index (χ0n) is 12.3. The van der Waals surface area contributed by atoms with Gasteiger partial charge in [0.05, 0.1) is 0 Å². The lowest BCUT2D eigenvalue weighted by Crippen LogP contribution is -1.99. The molecule has 0 heterocycles. The fourth-order valence-corrected chi connectivity index (χ4v) is 1.88. The van der Waals surface area contributed by atoms with E-state index in [-0.39, 0.29) is 0 Å². The smallest absolute Gasteiger partial charge is 0.449 e. The van der Waals surface area contributed by atoms with E-state index >= 15 is 0 Å². The Balaban J connectivity index is 3.30. The van der Waals surface area contributed by atoms with Crippen molar-refractivity contribution in [1.29, 1.82) is 0 Å². The fraction of sp³-hybridized carbons (Fsp3) is 0.600. The maximum absolute atomic E-state index is 10.2. The molecule has 0 atom stereocenters. The van der Waals surface area contributed by atoms with E-state index in [2.05, 4.69) is 22.6 Å². The van der Waals surface area contributed by atoms with Crippen LogP contribution in [0, 0.1) is 0 Å². The topological polar surface area (TPSA) is 93.1 Å². The minimum absolute atomic E-state index is 0.291. The first-order chi connectivity index (χ1) is 9.91. The lowest BCUT2D eigenvalue weighted by Gasteiger charge is -2.05. The minimum Gasteiger partial charge on any atom is -0.449 e. The molecular weight excluding hydrogens is 276 g/mol. The first kappa shape index (κ1) is 19.0. The summed E-state index contributed by atoms with van der Waals surface area (Å²) in [4.78, 5) is 20.4. The Morgan fingerprint density at radius 1 is 0.667 bits per heavy atom. The summed E-state index contributed by atoms with van der Waals surface area (Å²) in [6, 6.07) is 0. The SMILES string of the molecule is C=C(CCCCCCCCCC(=C)OC(=O)O)OC(=O)O. The van der Waals surface area contributed by atoms with E-state index in [1.165, 1.54) is 0 Å². The standard InChI is InChI=1S/C15H24O6/c1-12(20-14(16)17)10-8-6-4-3-5-7-9-11-13(2)21-15(18)19/h1-11H2,(H,16,17)(H,18,19). The molecule has 0 aromatic rings. The highest BCUT2D eigenvalue weighted by Crippen LogP contribution is 2.14. The third-order valence-electron chi connectivity index (χ3n) is 2.87. The zero-order valence-corrected chi connectivity index (χ0v) is 12.3. The first-order valence-electron chi connectivity index (χ1n) is 7.09. The van der Waals surface area contributed by atoms with Crippen LogP contribution in [0.3, 0.4) is 0 Å². The Bertz CT molecular complexity index is 327. The zero-order chi connectivity index (χ0) is 16.1. The van der Waals surface area contributed by atoms with Crippen LogP contribution in [0.15, 0.2) is 24.7 Å². The van der Waals surface area contributed by atoms with E-state index in [9.17, 15) is 9.59 Å². The Morgan fingerprint density at radius 3 is 1.24 bits per heavy atom. The summed E-state index contributed by atoms with van der Waals surface area (Å²) in [5, 5.41) is 16.7. The van der Waals surface area contributed by atoms with E-state index < -0.39 is 12.3 Å². The van der Waals surface area contributed by atoms with Crippen molar-refractivity contribution in [3.05, 3.63) is 24.7 Å². The molecule has 0 bridgehead atoms. The summed E-state index contributed by atoms with van der Waals surface area (Å²) in [7, 11) is 0. The predicted octanol–water partition coefficient (Wildman–Crippen LogP) is 4.91. The second kappa shape index (κ2) is 11.8. The predicted molar refractivity (Wildman–Crippen MR) is 78.1 cm³/mol. The van der Waals surface area contributed by atoms with Crippen LogP contribution < -0.4 is 0 Å². The van der Waals surface area contributed by atoms with Gasteiger partial charge in [-0.2, -0.15) is 0 Å². The maximum Gasteiger partial charge on any atom is 0.510 e. The number of carbonyl (C=O) groups is 2. The summed E-state index contributed by atoms with van der Waals surface area (Å²) in [5.41, 5.74) is 0. The third kappa shape index (κ3) is 14.2. The summed E-state index contributed by atoms with van der Waals surface area (Å²) < 4.78 is 8.84. The molecular formula is C15H24O6. The Labute approximate surface area is 125 Å². The van der Waals surface area contributed by atoms with E-state index in [0.717, 1.165) is 44.9 Å². The van der Waals surface area contributed by atoms with Gasteiger partial charge in [0.25, 0.3) is 0 Å². The molecule has 21 heavy (non-hydrogen) atoms. The normalized spacial score (nSPS) is 9.90. The molecule has 0 aliphatic rings. The highest BCUT2D eigenvalue weighted by molar-refractivity contribution is 5.58. The van der Waals surface area contributed by atoms with Gasteiger partial charge in [-0.3, -0.25) is 0 Å². The number of hydrogen-bond donors (Lipinski definition) is 2. The monoisotopic (exact) mass is 300 g/mol. The molecule has 0 aliphatic carbocycles. The van der Waals surface area contributed by atoms with E-state index in [0.29, 0.717) is 24.4 Å². The lowest BCUT2D eigenvalue weighted by molar-refractivity contribution is 0.115. The number of hydrogen-bond acceptors (Lipinski definition) is 4. The van der Waals surface area contributed by atoms with Gasteiger partial charge < -0.3 is 19.7 Å². The van der Waals surface area contributed by atoms with Crippen molar-refractivity contribution in [2.75, 3.05) is 0 Å². The molecule has 0 saturated carbocycles. The van der Waals surface area contributed by atoms with Crippen LogP contribution in [0.2, 0.25) is 0 Å². The number of ether oxygens (including phenoxy) is 2. The van der Waals surface area contributed by atoms with E-state index in [1.54, 1.807) is 0 Å². The van der Waals surface area contributed by atoms with Crippen LogP contribution in [-0.4, -0.2) is 22.5 Å². The molecule has 6 heteroatoms. The van der Waals surface area contributed by atoms with Gasteiger partial charge in [-0.05, 0) is 12.8 Å². The number of rotatable bonds is 12. The largest absolute Gasteiger partial charge is 0.510 e. The molecule has 0 rings (SSSR count). The quantitative estimate of drug-likeness (QED) is 0.302. The second-order valence-electron chi connectivity index (χ2n) is 4.79. The maximum atomic E-state index is 10.2. The van der Waals surface area contributed by atoms with Crippen molar-refractivity contribution in [3.63, 3.8) is 0 Å². The molecule has 0 spiro atoms. The average Bonchev–Trinajstić information content (AvgIpc) is 2.34. The highest BCUT2D eigenvalue weighted by Gasteiger charge is 2.02. The van der Waals surface area contributed by atoms with E-state index in [1.807, 2.05) is 0 Å². The van der Waals surface area contributed by atoms with Gasteiger partial charge in [0.1, 0.15) is 11.5 Å². The van der Waals surface area contributed by atoms with Crippen LogP contribution in [0.1, 0.15) is 57.8 Å². The summed E-state index contributed by atoms with van der Waals surface area (Å²) >= 11 is 0. The van der Waals surface area contributed by atoms with Crippen molar-refractivity contribution < 1.29 is 29.3 Å². The molecule has 6 nitrogen and oxygen atoms in total. The first-order valence-corrected chi connectivity index (χ1v) is 7.09. The molecule has 0 aliphatic heterocycles. The van der Waals surface area contributed by atoms with Gasteiger partial charge >= 0.3 is 12.3 Å². The third-order valence-corrected chi connectivity index (χ3v) is 2.87. The van der Waals surface area contributed by atoms with Crippen molar-refractivity contribution >= 4 is 12.3 Å². The van der Waals surface area contributed by atoms with E-state index in [4.69, 9.17) is 10.2 Å². The molecule has 0 amide bonds. The van der Waals surface area contributed by atoms with Crippen LogP contribution >= 0.6 is 0 Å². The Kier molecular flexibility index (Phi) is 10.7. The van der Waals surface area contributed by atoms with Crippen molar-refractivity contribution in [2.24, 2.45) is 0 Å². The van der Waals surface area contributed by atoms with Gasteiger partial charge in [-0.15, -0.1) is 0 Å². The summed E-state index contributed by atoms with van der Waals surface area (Å²) in [6.07, 6.45) is 5.52. The van der Waals surface area contributed by atoms with Crippen LogP contribution in [0.25, 0.3) is 0 Å². The van der Waals surface area contributed by atoms with Crippen LogP contribution in [-0.2, 0) is 9.47 Å².